The summed E-state index contributed by atoms with van der Waals surface area (Å²) < 4.78 is 5.20. The molecular weight excluding hydrogens is 262 g/mol. The fourth-order valence-corrected chi connectivity index (χ4v) is 2.21. The molecule has 0 aliphatic heterocycles. The molecule has 1 aliphatic carbocycles. The fraction of sp³-hybridized carbons (Fsp3) is 0.267. The van der Waals surface area contributed by atoms with E-state index in [1.54, 1.807) is 12.1 Å². The highest BCUT2D eigenvalue weighted by Gasteiger charge is 2.34. The van der Waals surface area contributed by atoms with Crippen LogP contribution >= 0.6 is 11.6 Å². The molecule has 1 fully saturated rings. The minimum Gasteiger partial charge on any atom is -0.459 e. The van der Waals surface area contributed by atoms with Gasteiger partial charge in [-0.25, -0.2) is 0 Å². The van der Waals surface area contributed by atoms with Crippen LogP contribution < -0.4 is 0 Å². The van der Waals surface area contributed by atoms with E-state index in [1.807, 2.05) is 29.2 Å². The maximum Gasteiger partial charge on any atom is 0.290 e. The van der Waals surface area contributed by atoms with Crippen LogP contribution in [0.1, 0.15) is 29.0 Å². The molecule has 98 valence electrons. The molecule has 0 unspecified atom stereocenters. The van der Waals surface area contributed by atoms with Crippen molar-refractivity contribution in [2.45, 2.75) is 25.4 Å². The number of benzene rings is 1. The zero-order valence-corrected chi connectivity index (χ0v) is 11.1. The summed E-state index contributed by atoms with van der Waals surface area (Å²) >= 11 is 5.87. The lowest BCUT2D eigenvalue weighted by molar-refractivity contribution is 0.0697. The van der Waals surface area contributed by atoms with Crippen molar-refractivity contribution in [1.29, 1.82) is 0 Å². The van der Waals surface area contributed by atoms with Crippen molar-refractivity contribution in [2.75, 3.05) is 0 Å². The number of furan rings is 1. The van der Waals surface area contributed by atoms with Crippen LogP contribution in [0.5, 0.6) is 0 Å². The largest absolute Gasteiger partial charge is 0.459 e. The van der Waals surface area contributed by atoms with Gasteiger partial charge in [-0.1, -0.05) is 23.7 Å². The predicted octanol–water partition coefficient (Wildman–Crippen LogP) is 3.74. The highest BCUT2D eigenvalue weighted by Crippen LogP contribution is 2.30. The van der Waals surface area contributed by atoms with Crippen LogP contribution in [0.15, 0.2) is 47.1 Å². The smallest absolute Gasteiger partial charge is 0.290 e. The van der Waals surface area contributed by atoms with Crippen molar-refractivity contribution in [1.82, 2.24) is 4.90 Å². The van der Waals surface area contributed by atoms with E-state index in [9.17, 15) is 4.79 Å². The SMILES string of the molecule is O=C(c1ccco1)N(Cc1ccc(Cl)cc1)C1CC1. The first-order valence-electron chi connectivity index (χ1n) is 6.33. The number of hydrogen-bond donors (Lipinski definition) is 0. The Morgan fingerprint density at radius 1 is 1.26 bits per heavy atom. The first-order valence-corrected chi connectivity index (χ1v) is 6.71. The Kier molecular flexibility index (Phi) is 3.30. The van der Waals surface area contributed by atoms with Crippen LogP contribution in [0.2, 0.25) is 5.02 Å². The zero-order chi connectivity index (χ0) is 13.2. The van der Waals surface area contributed by atoms with Crippen LogP contribution in [0.4, 0.5) is 0 Å². The molecule has 2 aromatic rings. The van der Waals surface area contributed by atoms with E-state index in [4.69, 9.17) is 16.0 Å². The van der Waals surface area contributed by atoms with E-state index in [-0.39, 0.29) is 5.91 Å². The maximum absolute atomic E-state index is 12.4. The molecule has 1 aromatic carbocycles. The van der Waals surface area contributed by atoms with Crippen LogP contribution in [0.3, 0.4) is 0 Å². The third-order valence-corrected chi connectivity index (χ3v) is 3.50. The molecule has 1 aromatic heterocycles. The second kappa shape index (κ2) is 5.10. The third kappa shape index (κ3) is 2.82. The van der Waals surface area contributed by atoms with Crippen molar-refractivity contribution in [3.63, 3.8) is 0 Å². The lowest BCUT2D eigenvalue weighted by atomic mass is 10.2. The van der Waals surface area contributed by atoms with Gasteiger partial charge in [-0.3, -0.25) is 4.79 Å². The Balaban J connectivity index is 1.78. The van der Waals surface area contributed by atoms with E-state index in [1.165, 1.54) is 6.26 Å². The van der Waals surface area contributed by atoms with Gasteiger partial charge in [0.05, 0.1) is 6.26 Å². The molecular formula is C15H14ClNO2. The predicted molar refractivity (Wildman–Crippen MR) is 73.1 cm³/mol. The Labute approximate surface area is 116 Å². The Bertz CT molecular complexity index is 558. The average molecular weight is 276 g/mol. The Morgan fingerprint density at radius 2 is 2.00 bits per heavy atom. The van der Waals surface area contributed by atoms with Gasteiger partial charge in [0.25, 0.3) is 5.91 Å². The lowest BCUT2D eigenvalue weighted by Gasteiger charge is -2.21. The van der Waals surface area contributed by atoms with Gasteiger partial charge < -0.3 is 9.32 Å². The number of rotatable bonds is 4. The quantitative estimate of drug-likeness (QED) is 0.852. The third-order valence-electron chi connectivity index (χ3n) is 3.25. The van der Waals surface area contributed by atoms with Gasteiger partial charge in [0, 0.05) is 17.6 Å². The summed E-state index contributed by atoms with van der Waals surface area (Å²) in [6, 6.07) is 11.4. The molecule has 3 nitrogen and oxygen atoms in total. The van der Waals surface area contributed by atoms with Gasteiger partial charge in [-0.2, -0.15) is 0 Å². The molecule has 3 rings (SSSR count). The molecule has 0 spiro atoms. The monoisotopic (exact) mass is 275 g/mol. The van der Waals surface area contributed by atoms with Crippen LogP contribution in [-0.2, 0) is 6.54 Å². The molecule has 0 atom stereocenters. The highest BCUT2D eigenvalue weighted by molar-refractivity contribution is 6.30. The zero-order valence-electron chi connectivity index (χ0n) is 10.4. The minimum atomic E-state index is -0.0394. The summed E-state index contributed by atoms with van der Waals surface area (Å²) in [5.74, 6) is 0.364. The number of hydrogen-bond acceptors (Lipinski definition) is 2. The summed E-state index contributed by atoms with van der Waals surface area (Å²) in [6.07, 6.45) is 3.67. The molecule has 1 aliphatic rings. The van der Waals surface area contributed by atoms with Crippen LogP contribution in [-0.4, -0.2) is 16.8 Å². The van der Waals surface area contributed by atoms with Crippen molar-refractivity contribution in [2.24, 2.45) is 0 Å². The van der Waals surface area contributed by atoms with Gasteiger partial charge >= 0.3 is 0 Å². The lowest BCUT2D eigenvalue weighted by Crippen LogP contribution is -2.32. The van der Waals surface area contributed by atoms with E-state index >= 15 is 0 Å². The molecule has 19 heavy (non-hydrogen) atoms. The summed E-state index contributed by atoms with van der Waals surface area (Å²) in [5.41, 5.74) is 1.08. The van der Waals surface area contributed by atoms with Gasteiger partial charge in [0.1, 0.15) is 0 Å². The van der Waals surface area contributed by atoms with Gasteiger partial charge in [0.15, 0.2) is 5.76 Å². The normalized spacial score (nSPS) is 14.4. The van der Waals surface area contributed by atoms with Gasteiger partial charge in [-0.15, -0.1) is 0 Å². The molecule has 0 saturated heterocycles. The second-order valence-electron chi connectivity index (χ2n) is 4.77. The highest BCUT2D eigenvalue weighted by atomic mass is 35.5. The number of carbonyl (C=O) groups excluding carboxylic acids is 1. The molecule has 4 heteroatoms. The van der Waals surface area contributed by atoms with Crippen molar-refractivity contribution < 1.29 is 9.21 Å². The summed E-state index contributed by atoms with van der Waals surface area (Å²) in [6.45, 7) is 0.599. The number of amides is 1. The van der Waals surface area contributed by atoms with Gasteiger partial charge in [-0.05, 0) is 42.7 Å². The van der Waals surface area contributed by atoms with Crippen molar-refractivity contribution in [3.05, 3.63) is 59.0 Å². The van der Waals surface area contributed by atoms with E-state index < -0.39 is 0 Å². The van der Waals surface area contributed by atoms with Crippen LogP contribution in [0, 0.1) is 0 Å². The minimum absolute atomic E-state index is 0.0394. The topological polar surface area (TPSA) is 33.5 Å². The summed E-state index contributed by atoms with van der Waals surface area (Å²) in [7, 11) is 0. The van der Waals surface area contributed by atoms with E-state index in [0.29, 0.717) is 23.4 Å². The van der Waals surface area contributed by atoms with Crippen LogP contribution in [0.25, 0.3) is 0 Å². The van der Waals surface area contributed by atoms with Crippen molar-refractivity contribution in [3.8, 4) is 0 Å². The molecule has 1 saturated carbocycles. The van der Waals surface area contributed by atoms with Gasteiger partial charge in [0.2, 0.25) is 0 Å². The average Bonchev–Trinajstić information content (AvgIpc) is 3.11. The fourth-order valence-electron chi connectivity index (χ4n) is 2.08. The molecule has 1 heterocycles. The Morgan fingerprint density at radius 3 is 2.58 bits per heavy atom. The standard InChI is InChI=1S/C15H14ClNO2/c16-12-5-3-11(4-6-12)10-17(13-7-8-13)15(18)14-2-1-9-19-14/h1-6,9,13H,7-8,10H2. The summed E-state index contributed by atoms with van der Waals surface area (Å²) in [5, 5.41) is 0.707. The number of halogens is 1. The van der Waals surface area contributed by atoms with E-state index in [0.717, 1.165) is 18.4 Å². The maximum atomic E-state index is 12.4. The number of carbonyl (C=O) groups is 1. The first kappa shape index (κ1) is 12.3. The van der Waals surface area contributed by atoms with Crippen molar-refractivity contribution >= 4 is 17.5 Å². The Hall–Kier alpha value is -1.74. The molecule has 0 N–H and O–H groups in total. The second-order valence-corrected chi connectivity index (χ2v) is 5.20. The molecule has 0 radical (unpaired) electrons. The first-order chi connectivity index (χ1) is 9.24. The molecule has 0 bridgehead atoms. The molecule has 1 amide bonds. The number of nitrogens with zero attached hydrogens (tertiary/aromatic N) is 1. The summed E-state index contributed by atoms with van der Waals surface area (Å²) in [4.78, 5) is 14.2. The van der Waals surface area contributed by atoms with E-state index in [2.05, 4.69) is 0 Å².